The lowest BCUT2D eigenvalue weighted by Gasteiger charge is -2.18. The van der Waals surface area contributed by atoms with Gasteiger partial charge in [0.05, 0.1) is 0 Å². The third-order valence-electron chi connectivity index (χ3n) is 3.26. The summed E-state index contributed by atoms with van der Waals surface area (Å²) in [6.07, 6.45) is 4.39. The lowest BCUT2D eigenvalue weighted by Crippen LogP contribution is -2.15. The summed E-state index contributed by atoms with van der Waals surface area (Å²) in [5.41, 5.74) is 3.48. The Balaban J connectivity index is 1.77. The van der Waals surface area contributed by atoms with Crippen LogP contribution >= 0.6 is 0 Å². The molecule has 0 radical (unpaired) electrons. The Kier molecular flexibility index (Phi) is 2.31. The molecular formula is C13H16N2O. The molecule has 3 heteroatoms. The van der Waals surface area contributed by atoms with Crippen LogP contribution in [0, 0.1) is 5.92 Å². The van der Waals surface area contributed by atoms with Gasteiger partial charge in [0, 0.05) is 23.8 Å². The highest BCUT2D eigenvalue weighted by Crippen LogP contribution is 2.31. The average molecular weight is 216 g/mol. The van der Waals surface area contributed by atoms with Crippen molar-refractivity contribution in [2.24, 2.45) is 5.92 Å². The first-order valence-electron chi connectivity index (χ1n) is 6.00. The Morgan fingerprint density at radius 1 is 1.38 bits per heavy atom. The number of benzene rings is 1. The third-order valence-corrected chi connectivity index (χ3v) is 3.26. The van der Waals surface area contributed by atoms with Gasteiger partial charge in [-0.15, -0.1) is 0 Å². The van der Waals surface area contributed by atoms with Crippen LogP contribution in [0.5, 0.6) is 0 Å². The Hall–Kier alpha value is -1.51. The zero-order valence-corrected chi connectivity index (χ0v) is 9.25. The summed E-state index contributed by atoms with van der Waals surface area (Å²) in [5.74, 6) is 0.456. The number of aryl methyl sites for hydroxylation is 1. The zero-order chi connectivity index (χ0) is 11.0. The monoisotopic (exact) mass is 216 g/mol. The first-order chi connectivity index (χ1) is 7.83. The topological polar surface area (TPSA) is 41.1 Å². The summed E-state index contributed by atoms with van der Waals surface area (Å²) < 4.78 is 0. The Morgan fingerprint density at radius 2 is 2.25 bits per heavy atom. The van der Waals surface area contributed by atoms with E-state index >= 15 is 0 Å². The minimum absolute atomic E-state index is 0.184. The van der Waals surface area contributed by atoms with Gasteiger partial charge in [-0.1, -0.05) is 0 Å². The molecule has 0 saturated heterocycles. The number of carbonyl (C=O) groups is 1. The molecule has 0 spiro atoms. The minimum Gasteiger partial charge on any atom is -0.385 e. The van der Waals surface area contributed by atoms with Crippen molar-refractivity contribution in [3.05, 3.63) is 23.8 Å². The molecule has 1 saturated carbocycles. The van der Waals surface area contributed by atoms with E-state index in [0.717, 1.165) is 31.5 Å². The third kappa shape index (κ3) is 1.90. The van der Waals surface area contributed by atoms with E-state index in [2.05, 4.69) is 22.8 Å². The number of carbonyl (C=O) groups excluding carboxylic acids is 1. The molecule has 1 amide bonds. The van der Waals surface area contributed by atoms with Crippen LogP contribution < -0.4 is 10.6 Å². The minimum atomic E-state index is 0.184. The fourth-order valence-corrected chi connectivity index (χ4v) is 2.14. The van der Waals surface area contributed by atoms with E-state index < -0.39 is 0 Å². The highest BCUT2D eigenvalue weighted by molar-refractivity contribution is 5.94. The molecule has 1 aliphatic carbocycles. The van der Waals surface area contributed by atoms with Gasteiger partial charge in [-0.05, 0) is 49.4 Å². The van der Waals surface area contributed by atoms with E-state index in [1.165, 1.54) is 17.7 Å². The van der Waals surface area contributed by atoms with E-state index in [4.69, 9.17) is 0 Å². The average Bonchev–Trinajstić information content (AvgIpc) is 3.12. The van der Waals surface area contributed by atoms with E-state index in [-0.39, 0.29) is 11.8 Å². The molecule has 84 valence electrons. The van der Waals surface area contributed by atoms with Crippen LogP contribution in [-0.2, 0) is 11.2 Å². The molecule has 0 atom stereocenters. The molecule has 1 aliphatic heterocycles. The van der Waals surface area contributed by atoms with Crippen LogP contribution in [0.2, 0.25) is 0 Å². The van der Waals surface area contributed by atoms with E-state index in [0.29, 0.717) is 0 Å². The number of amides is 1. The summed E-state index contributed by atoms with van der Waals surface area (Å²) >= 11 is 0. The maximum Gasteiger partial charge on any atom is 0.227 e. The first kappa shape index (κ1) is 9.70. The Labute approximate surface area is 95.2 Å². The smallest absolute Gasteiger partial charge is 0.227 e. The van der Waals surface area contributed by atoms with Crippen molar-refractivity contribution in [1.82, 2.24) is 0 Å². The van der Waals surface area contributed by atoms with Gasteiger partial charge in [0.1, 0.15) is 0 Å². The van der Waals surface area contributed by atoms with E-state index in [9.17, 15) is 4.79 Å². The number of nitrogens with one attached hydrogen (secondary N) is 2. The maximum absolute atomic E-state index is 11.6. The van der Waals surface area contributed by atoms with Gasteiger partial charge >= 0.3 is 0 Å². The van der Waals surface area contributed by atoms with E-state index in [1.54, 1.807) is 0 Å². The lowest BCUT2D eigenvalue weighted by atomic mass is 10.0. The molecule has 0 unspecified atom stereocenters. The summed E-state index contributed by atoms with van der Waals surface area (Å²) in [7, 11) is 0. The van der Waals surface area contributed by atoms with Gasteiger partial charge in [0.2, 0.25) is 5.91 Å². The number of rotatable bonds is 2. The van der Waals surface area contributed by atoms with Gasteiger partial charge < -0.3 is 10.6 Å². The summed E-state index contributed by atoms with van der Waals surface area (Å²) in [5, 5.41) is 6.35. The van der Waals surface area contributed by atoms with Crippen molar-refractivity contribution in [3.8, 4) is 0 Å². The quantitative estimate of drug-likeness (QED) is 0.797. The first-order valence-corrected chi connectivity index (χ1v) is 6.00. The molecule has 0 bridgehead atoms. The maximum atomic E-state index is 11.6. The fraction of sp³-hybridized carbons (Fsp3) is 0.462. The summed E-state index contributed by atoms with van der Waals surface area (Å²) in [6, 6.07) is 6.15. The predicted octanol–water partition coefficient (Wildman–Crippen LogP) is 2.39. The number of anilines is 2. The van der Waals surface area contributed by atoms with Crippen molar-refractivity contribution < 1.29 is 4.79 Å². The van der Waals surface area contributed by atoms with Gasteiger partial charge in [-0.3, -0.25) is 4.79 Å². The van der Waals surface area contributed by atoms with Crippen molar-refractivity contribution in [2.75, 3.05) is 17.2 Å². The molecule has 3 rings (SSSR count). The molecule has 0 aromatic heterocycles. The zero-order valence-electron chi connectivity index (χ0n) is 9.25. The Morgan fingerprint density at radius 3 is 3.06 bits per heavy atom. The highest BCUT2D eigenvalue weighted by atomic mass is 16.2. The molecule has 1 heterocycles. The van der Waals surface area contributed by atoms with Crippen molar-refractivity contribution >= 4 is 17.3 Å². The Bertz CT molecular complexity index is 424. The largest absolute Gasteiger partial charge is 0.385 e. The molecule has 1 fully saturated rings. The second-order valence-electron chi connectivity index (χ2n) is 4.67. The van der Waals surface area contributed by atoms with Gasteiger partial charge in [0.25, 0.3) is 0 Å². The number of hydrogen-bond acceptors (Lipinski definition) is 2. The molecular weight excluding hydrogens is 200 g/mol. The van der Waals surface area contributed by atoms with Gasteiger partial charge in [-0.25, -0.2) is 0 Å². The van der Waals surface area contributed by atoms with Crippen molar-refractivity contribution in [1.29, 1.82) is 0 Å². The van der Waals surface area contributed by atoms with Crippen LogP contribution in [0.3, 0.4) is 0 Å². The summed E-state index contributed by atoms with van der Waals surface area (Å²) in [4.78, 5) is 11.6. The second-order valence-corrected chi connectivity index (χ2v) is 4.67. The predicted molar refractivity (Wildman–Crippen MR) is 64.6 cm³/mol. The molecule has 2 N–H and O–H groups in total. The SMILES string of the molecule is O=C(Nc1ccc2c(c1)CCCN2)C1CC1. The molecule has 1 aromatic carbocycles. The highest BCUT2D eigenvalue weighted by Gasteiger charge is 2.29. The number of hydrogen-bond donors (Lipinski definition) is 2. The van der Waals surface area contributed by atoms with Gasteiger partial charge in [-0.2, -0.15) is 0 Å². The summed E-state index contributed by atoms with van der Waals surface area (Å²) in [6.45, 7) is 1.06. The van der Waals surface area contributed by atoms with Crippen LogP contribution in [0.25, 0.3) is 0 Å². The van der Waals surface area contributed by atoms with Crippen LogP contribution in [0.1, 0.15) is 24.8 Å². The second kappa shape index (κ2) is 3.81. The van der Waals surface area contributed by atoms with Crippen LogP contribution in [-0.4, -0.2) is 12.5 Å². The standard InChI is InChI=1S/C13H16N2O/c16-13(9-3-4-9)15-11-5-6-12-10(8-11)2-1-7-14-12/h5-6,8-9,14H,1-4,7H2,(H,15,16). The van der Waals surface area contributed by atoms with Crippen LogP contribution in [0.4, 0.5) is 11.4 Å². The normalized spacial score (nSPS) is 18.5. The fourth-order valence-electron chi connectivity index (χ4n) is 2.14. The van der Waals surface area contributed by atoms with Crippen molar-refractivity contribution in [3.63, 3.8) is 0 Å². The van der Waals surface area contributed by atoms with Crippen LogP contribution in [0.15, 0.2) is 18.2 Å². The lowest BCUT2D eigenvalue weighted by molar-refractivity contribution is -0.117. The molecule has 3 nitrogen and oxygen atoms in total. The molecule has 2 aliphatic rings. The van der Waals surface area contributed by atoms with Gasteiger partial charge in [0.15, 0.2) is 0 Å². The molecule has 1 aromatic rings. The molecule has 16 heavy (non-hydrogen) atoms. The van der Waals surface area contributed by atoms with Crippen molar-refractivity contribution in [2.45, 2.75) is 25.7 Å². The number of fused-ring (bicyclic) bond motifs is 1. The van der Waals surface area contributed by atoms with E-state index in [1.807, 2.05) is 6.07 Å².